The number of halogens is 1. The largest absolute Gasteiger partial charge is 0.482 e. The molecule has 0 spiro atoms. The van der Waals surface area contributed by atoms with Gasteiger partial charge in [-0.3, -0.25) is 9.59 Å². The lowest BCUT2D eigenvalue weighted by atomic mass is 10.1. The minimum Gasteiger partial charge on any atom is -0.482 e. The Balaban J connectivity index is 1.91. The number of ether oxygens (including phenoxy) is 2. The Morgan fingerprint density at radius 2 is 1.78 bits per heavy atom. The van der Waals surface area contributed by atoms with E-state index in [1.807, 2.05) is 19.9 Å². The van der Waals surface area contributed by atoms with Crippen molar-refractivity contribution < 1.29 is 23.9 Å². The van der Waals surface area contributed by atoms with Crippen molar-refractivity contribution in [2.45, 2.75) is 27.7 Å². The Kier molecular flexibility index (Phi) is 7.37. The summed E-state index contributed by atoms with van der Waals surface area (Å²) in [7, 11) is 0. The van der Waals surface area contributed by atoms with Gasteiger partial charge in [-0.2, -0.15) is 0 Å². The third-order valence-electron chi connectivity index (χ3n) is 4.60. The van der Waals surface area contributed by atoms with Crippen molar-refractivity contribution in [2.24, 2.45) is 0 Å². The summed E-state index contributed by atoms with van der Waals surface area (Å²) in [5.74, 6) is -0.729. The summed E-state index contributed by atoms with van der Waals surface area (Å²) in [6.45, 7) is 6.75. The Bertz CT molecular complexity index is 1200. The first-order chi connectivity index (χ1) is 15.2. The molecule has 2 N–H and O–H groups in total. The molecule has 0 saturated heterocycles. The summed E-state index contributed by atoms with van der Waals surface area (Å²) in [4.78, 5) is 36.7. The van der Waals surface area contributed by atoms with E-state index in [1.165, 1.54) is 18.3 Å². The fourth-order valence-corrected chi connectivity index (χ4v) is 4.58. The molecule has 1 heterocycles. The number of aryl methyl sites for hydroxylation is 2. The Morgan fingerprint density at radius 3 is 2.47 bits per heavy atom. The second-order valence-corrected chi connectivity index (χ2v) is 8.55. The van der Waals surface area contributed by atoms with Crippen LogP contribution in [0.4, 0.5) is 10.7 Å². The van der Waals surface area contributed by atoms with Crippen molar-refractivity contribution in [1.82, 2.24) is 0 Å². The molecule has 0 atom stereocenters. The highest BCUT2D eigenvalue weighted by atomic mass is 35.5. The van der Waals surface area contributed by atoms with E-state index in [4.69, 9.17) is 21.1 Å². The highest BCUT2D eigenvalue weighted by Gasteiger charge is 2.24. The number of hydrogen-bond acceptors (Lipinski definition) is 6. The summed E-state index contributed by atoms with van der Waals surface area (Å²) < 4.78 is 11.7. The smallest absolute Gasteiger partial charge is 0.341 e. The molecule has 0 aliphatic heterocycles. The lowest BCUT2D eigenvalue weighted by molar-refractivity contribution is -0.118. The molecule has 0 radical (unpaired) electrons. The van der Waals surface area contributed by atoms with Crippen LogP contribution in [0, 0.1) is 13.8 Å². The maximum Gasteiger partial charge on any atom is 0.341 e. The number of benzene rings is 2. The maximum absolute atomic E-state index is 12.6. The Morgan fingerprint density at radius 1 is 1.06 bits per heavy atom. The van der Waals surface area contributed by atoms with Crippen LogP contribution in [-0.4, -0.2) is 31.0 Å². The summed E-state index contributed by atoms with van der Waals surface area (Å²) in [6, 6.07) is 8.81. The summed E-state index contributed by atoms with van der Waals surface area (Å²) in [5, 5.41) is 6.96. The highest BCUT2D eigenvalue weighted by Crippen LogP contribution is 2.43. The van der Waals surface area contributed by atoms with E-state index in [9.17, 15) is 14.4 Å². The van der Waals surface area contributed by atoms with Gasteiger partial charge in [-0.25, -0.2) is 4.79 Å². The number of rotatable bonds is 7. The van der Waals surface area contributed by atoms with Gasteiger partial charge < -0.3 is 20.1 Å². The van der Waals surface area contributed by atoms with Crippen molar-refractivity contribution in [1.29, 1.82) is 0 Å². The lowest BCUT2D eigenvalue weighted by Crippen LogP contribution is -2.21. The van der Waals surface area contributed by atoms with Gasteiger partial charge in [0.25, 0.3) is 5.91 Å². The molecular formula is C23H23ClN2O5S. The Hall–Kier alpha value is -3.10. The van der Waals surface area contributed by atoms with Crippen LogP contribution in [0.15, 0.2) is 30.3 Å². The number of hydrogen-bond donors (Lipinski definition) is 2. The van der Waals surface area contributed by atoms with E-state index in [-0.39, 0.29) is 30.6 Å². The summed E-state index contributed by atoms with van der Waals surface area (Å²) in [5.41, 5.74) is 2.54. The van der Waals surface area contributed by atoms with Gasteiger partial charge in [-0.1, -0.05) is 29.8 Å². The first-order valence-corrected chi connectivity index (χ1v) is 11.1. The number of carbonyl (C=O) groups is 3. The zero-order chi connectivity index (χ0) is 23.4. The molecular weight excluding hydrogens is 452 g/mol. The van der Waals surface area contributed by atoms with Crippen molar-refractivity contribution in [3.05, 3.63) is 52.0 Å². The van der Waals surface area contributed by atoms with Gasteiger partial charge in [-0.15, -0.1) is 11.3 Å². The average molecular weight is 475 g/mol. The van der Waals surface area contributed by atoms with E-state index >= 15 is 0 Å². The van der Waals surface area contributed by atoms with Crippen LogP contribution in [0.2, 0.25) is 5.02 Å². The summed E-state index contributed by atoms with van der Waals surface area (Å²) in [6.07, 6.45) is 0. The van der Waals surface area contributed by atoms with E-state index in [0.717, 1.165) is 11.1 Å². The van der Waals surface area contributed by atoms with Crippen LogP contribution >= 0.6 is 22.9 Å². The van der Waals surface area contributed by atoms with Crippen molar-refractivity contribution in [3.8, 4) is 5.75 Å². The molecule has 0 aliphatic rings. The first kappa shape index (κ1) is 23.6. The number of carbonyl (C=O) groups excluding carboxylic acids is 3. The molecule has 3 rings (SSSR count). The van der Waals surface area contributed by atoms with Crippen LogP contribution in [-0.2, 0) is 14.3 Å². The predicted molar refractivity (Wildman–Crippen MR) is 127 cm³/mol. The summed E-state index contributed by atoms with van der Waals surface area (Å²) >= 11 is 7.21. The number of nitrogens with one attached hydrogen (secondary N) is 2. The second-order valence-electron chi connectivity index (χ2n) is 7.09. The zero-order valence-corrected chi connectivity index (χ0v) is 19.7. The lowest BCUT2D eigenvalue weighted by Gasteiger charge is -2.12. The monoisotopic (exact) mass is 474 g/mol. The quantitative estimate of drug-likeness (QED) is 0.452. The molecule has 32 heavy (non-hydrogen) atoms. The van der Waals surface area contributed by atoms with Gasteiger partial charge in [-0.05, 0) is 44.0 Å². The fraction of sp³-hybridized carbons (Fsp3) is 0.261. The molecule has 9 heteroatoms. The minimum absolute atomic E-state index is 0.202. The van der Waals surface area contributed by atoms with E-state index < -0.39 is 5.97 Å². The van der Waals surface area contributed by atoms with Gasteiger partial charge in [0.15, 0.2) is 6.61 Å². The molecule has 7 nitrogen and oxygen atoms in total. The third kappa shape index (κ3) is 5.20. The fourth-order valence-electron chi connectivity index (χ4n) is 3.12. The first-order valence-electron chi connectivity index (χ1n) is 9.90. The number of anilines is 2. The topological polar surface area (TPSA) is 93.7 Å². The third-order valence-corrected chi connectivity index (χ3v) is 5.95. The van der Waals surface area contributed by atoms with Crippen LogP contribution in [0.1, 0.15) is 35.3 Å². The molecule has 0 aliphatic carbocycles. The molecule has 168 valence electrons. The van der Waals surface area contributed by atoms with Gasteiger partial charge >= 0.3 is 5.97 Å². The van der Waals surface area contributed by atoms with E-state index in [2.05, 4.69) is 10.6 Å². The SMILES string of the molecule is CCOC(=O)c1c(NC(C)=O)sc2c(OCC(=O)Nc3cc(Cl)ccc3C)c(C)ccc12. The van der Waals surface area contributed by atoms with E-state index in [0.29, 0.717) is 31.5 Å². The van der Waals surface area contributed by atoms with Crippen LogP contribution < -0.4 is 15.4 Å². The van der Waals surface area contributed by atoms with Crippen LogP contribution in [0.3, 0.4) is 0 Å². The van der Waals surface area contributed by atoms with Crippen molar-refractivity contribution >= 4 is 61.5 Å². The Labute approximate surface area is 194 Å². The zero-order valence-electron chi connectivity index (χ0n) is 18.1. The molecule has 0 fully saturated rings. The van der Waals surface area contributed by atoms with E-state index in [1.54, 1.807) is 31.2 Å². The van der Waals surface area contributed by atoms with Gasteiger partial charge in [0.2, 0.25) is 5.91 Å². The van der Waals surface area contributed by atoms with Gasteiger partial charge in [0.1, 0.15) is 16.3 Å². The molecule has 1 aromatic heterocycles. The number of fused-ring (bicyclic) bond motifs is 1. The standard InChI is InChI=1S/C23H23ClN2O5S/c1-5-30-23(29)19-16-9-7-13(3)20(21(16)32-22(19)25-14(4)27)31-11-18(28)26-17-10-15(24)8-6-12(17)2/h6-10H,5,11H2,1-4H3,(H,25,27)(H,26,28). The number of thiophene rings is 1. The predicted octanol–water partition coefficient (Wildman–Crippen LogP) is 5.32. The number of amides is 2. The molecule has 3 aromatic rings. The molecule has 0 bridgehead atoms. The molecule has 0 saturated carbocycles. The highest BCUT2D eigenvalue weighted by molar-refractivity contribution is 7.24. The molecule has 2 aromatic carbocycles. The second kappa shape index (κ2) is 10.0. The van der Waals surface area contributed by atoms with Crippen LogP contribution in [0.25, 0.3) is 10.1 Å². The van der Waals surface area contributed by atoms with Crippen molar-refractivity contribution in [2.75, 3.05) is 23.8 Å². The normalized spacial score (nSPS) is 10.7. The minimum atomic E-state index is -0.536. The van der Waals surface area contributed by atoms with Crippen LogP contribution in [0.5, 0.6) is 5.75 Å². The molecule has 0 unspecified atom stereocenters. The van der Waals surface area contributed by atoms with Crippen molar-refractivity contribution in [3.63, 3.8) is 0 Å². The maximum atomic E-state index is 12.6. The van der Waals surface area contributed by atoms with Gasteiger partial charge in [0.05, 0.1) is 11.3 Å². The van der Waals surface area contributed by atoms with Gasteiger partial charge in [0, 0.05) is 23.0 Å². The number of esters is 1. The molecule has 2 amide bonds. The average Bonchev–Trinajstić information content (AvgIpc) is 3.07.